The largest absolute Gasteiger partial charge is 0.416 e. The second kappa shape index (κ2) is 4.33. The van der Waals surface area contributed by atoms with Gasteiger partial charge in [-0.25, -0.2) is 4.98 Å². The van der Waals surface area contributed by atoms with E-state index in [9.17, 15) is 13.2 Å². The van der Waals surface area contributed by atoms with Gasteiger partial charge < -0.3 is 5.73 Å². The van der Waals surface area contributed by atoms with E-state index >= 15 is 0 Å². The molecular weight excluding hydrogens is 251 g/mol. The van der Waals surface area contributed by atoms with E-state index in [2.05, 4.69) is 9.36 Å². The fraction of sp³-hybridized carbons (Fsp3) is 0.200. The summed E-state index contributed by atoms with van der Waals surface area (Å²) in [5.41, 5.74) is 5.24. The van der Waals surface area contributed by atoms with E-state index in [0.717, 1.165) is 23.7 Å². The molecule has 0 aliphatic carbocycles. The lowest BCUT2D eigenvalue weighted by molar-refractivity contribution is -0.137. The van der Waals surface area contributed by atoms with Gasteiger partial charge in [0.2, 0.25) is 0 Å². The zero-order chi connectivity index (χ0) is 12.5. The summed E-state index contributed by atoms with van der Waals surface area (Å²) < 4.78 is 41.3. The van der Waals surface area contributed by atoms with Gasteiger partial charge in [-0.2, -0.15) is 17.5 Å². The summed E-state index contributed by atoms with van der Waals surface area (Å²) in [6.07, 6.45) is -4.08. The number of hydrogen-bond acceptors (Lipinski definition) is 4. The molecule has 0 amide bonds. The van der Waals surface area contributed by atoms with Crippen LogP contribution in [0, 0.1) is 0 Å². The second-order valence-corrected chi connectivity index (χ2v) is 4.21. The lowest BCUT2D eigenvalue weighted by Crippen LogP contribution is -2.05. The van der Waals surface area contributed by atoms with Gasteiger partial charge in [-0.05, 0) is 11.6 Å². The predicted octanol–water partition coefficient (Wildman–Crippen LogP) is 2.73. The van der Waals surface area contributed by atoms with Crippen molar-refractivity contribution in [3.8, 4) is 0 Å². The van der Waals surface area contributed by atoms with E-state index in [4.69, 9.17) is 5.73 Å². The third-order valence-corrected chi connectivity index (χ3v) is 2.68. The highest BCUT2D eigenvalue weighted by Crippen LogP contribution is 2.29. The molecule has 3 nitrogen and oxygen atoms in total. The van der Waals surface area contributed by atoms with Crippen molar-refractivity contribution < 1.29 is 13.2 Å². The van der Waals surface area contributed by atoms with Crippen LogP contribution in [0.15, 0.2) is 24.3 Å². The predicted molar refractivity (Wildman–Crippen MR) is 58.6 cm³/mol. The Labute approximate surface area is 99.3 Å². The van der Waals surface area contributed by atoms with Gasteiger partial charge in [0.1, 0.15) is 5.82 Å². The third kappa shape index (κ3) is 2.94. The topological polar surface area (TPSA) is 51.8 Å². The van der Waals surface area contributed by atoms with E-state index in [1.54, 1.807) is 6.07 Å². The first-order valence-electron chi connectivity index (χ1n) is 4.69. The van der Waals surface area contributed by atoms with Crippen molar-refractivity contribution in [3.63, 3.8) is 0 Å². The monoisotopic (exact) mass is 259 g/mol. The normalized spacial score (nSPS) is 11.7. The van der Waals surface area contributed by atoms with E-state index in [1.165, 1.54) is 6.07 Å². The maximum Gasteiger partial charge on any atom is 0.416 e. The Kier molecular flexibility index (Phi) is 3.01. The zero-order valence-electron chi connectivity index (χ0n) is 8.53. The van der Waals surface area contributed by atoms with Crippen molar-refractivity contribution in [2.24, 2.45) is 0 Å². The number of benzene rings is 1. The van der Waals surface area contributed by atoms with Gasteiger partial charge >= 0.3 is 6.18 Å². The Morgan fingerprint density at radius 2 is 2.06 bits per heavy atom. The Bertz CT molecular complexity index is 522. The Hall–Kier alpha value is -1.63. The molecule has 0 radical (unpaired) electrons. The van der Waals surface area contributed by atoms with E-state index in [1.807, 2.05) is 0 Å². The molecule has 2 N–H and O–H groups in total. The number of aromatic nitrogens is 2. The summed E-state index contributed by atoms with van der Waals surface area (Å²) in [7, 11) is 0. The highest BCUT2D eigenvalue weighted by Gasteiger charge is 2.30. The van der Waals surface area contributed by atoms with Crippen LogP contribution in [0.4, 0.5) is 18.3 Å². The first-order valence-corrected chi connectivity index (χ1v) is 5.47. The number of halogens is 3. The molecule has 90 valence electrons. The van der Waals surface area contributed by atoms with Gasteiger partial charge in [0, 0.05) is 18.0 Å². The molecule has 0 spiro atoms. The van der Waals surface area contributed by atoms with Crippen LogP contribution in [-0.4, -0.2) is 9.36 Å². The molecule has 7 heteroatoms. The minimum atomic E-state index is -4.33. The number of rotatable bonds is 2. The molecular formula is C10H8F3N3S. The smallest absolute Gasteiger partial charge is 0.374 e. The maximum atomic E-state index is 12.5. The van der Waals surface area contributed by atoms with E-state index < -0.39 is 11.7 Å². The molecule has 0 atom stereocenters. The molecule has 1 heterocycles. The zero-order valence-corrected chi connectivity index (χ0v) is 9.35. The van der Waals surface area contributed by atoms with Gasteiger partial charge in [0.15, 0.2) is 5.13 Å². The summed E-state index contributed by atoms with van der Waals surface area (Å²) in [5, 5.41) is 0.312. The van der Waals surface area contributed by atoms with E-state index in [0.29, 0.717) is 16.5 Å². The number of nitrogen functional groups attached to an aromatic ring is 1. The molecule has 0 aliphatic rings. The van der Waals surface area contributed by atoms with Crippen LogP contribution in [0.25, 0.3) is 0 Å². The molecule has 0 unspecified atom stereocenters. The average molecular weight is 259 g/mol. The van der Waals surface area contributed by atoms with Crippen molar-refractivity contribution in [1.29, 1.82) is 0 Å². The van der Waals surface area contributed by atoms with Crippen molar-refractivity contribution in [2.75, 3.05) is 5.73 Å². The Morgan fingerprint density at radius 1 is 1.29 bits per heavy atom. The molecule has 2 aromatic rings. The number of alkyl halides is 3. The molecule has 0 saturated heterocycles. The molecule has 0 aliphatic heterocycles. The minimum absolute atomic E-state index is 0.248. The highest BCUT2D eigenvalue weighted by atomic mass is 32.1. The van der Waals surface area contributed by atoms with Crippen LogP contribution in [0.3, 0.4) is 0 Å². The fourth-order valence-corrected chi connectivity index (χ4v) is 1.83. The van der Waals surface area contributed by atoms with Crippen molar-refractivity contribution in [3.05, 3.63) is 41.2 Å². The van der Waals surface area contributed by atoms with E-state index in [-0.39, 0.29) is 6.42 Å². The fourth-order valence-electron chi connectivity index (χ4n) is 1.38. The van der Waals surface area contributed by atoms with Crippen molar-refractivity contribution in [1.82, 2.24) is 9.36 Å². The quantitative estimate of drug-likeness (QED) is 0.902. The number of nitrogens with two attached hydrogens (primary N) is 1. The SMILES string of the molecule is Nc1nc(Cc2cccc(C(F)(F)F)c2)ns1. The molecule has 0 bridgehead atoms. The summed E-state index contributed by atoms with van der Waals surface area (Å²) in [6.45, 7) is 0. The number of anilines is 1. The average Bonchev–Trinajstić information content (AvgIpc) is 2.63. The summed E-state index contributed by atoms with van der Waals surface area (Å²) in [5.74, 6) is 0.437. The Morgan fingerprint density at radius 3 is 2.65 bits per heavy atom. The third-order valence-electron chi connectivity index (χ3n) is 2.10. The van der Waals surface area contributed by atoms with Gasteiger partial charge in [-0.15, -0.1) is 0 Å². The van der Waals surface area contributed by atoms with Crippen molar-refractivity contribution >= 4 is 16.7 Å². The number of hydrogen-bond donors (Lipinski definition) is 1. The van der Waals surface area contributed by atoms with Crippen LogP contribution in [0.1, 0.15) is 17.0 Å². The Balaban J connectivity index is 2.22. The molecule has 17 heavy (non-hydrogen) atoms. The minimum Gasteiger partial charge on any atom is -0.374 e. The summed E-state index contributed by atoms with van der Waals surface area (Å²) in [4.78, 5) is 3.90. The van der Waals surface area contributed by atoms with Gasteiger partial charge in [-0.1, -0.05) is 18.2 Å². The first-order chi connectivity index (χ1) is 7.95. The van der Waals surface area contributed by atoms with Crippen LogP contribution in [0.5, 0.6) is 0 Å². The molecule has 0 fully saturated rings. The summed E-state index contributed by atoms with van der Waals surface area (Å²) >= 11 is 1.03. The van der Waals surface area contributed by atoms with Crippen LogP contribution in [0.2, 0.25) is 0 Å². The van der Waals surface area contributed by atoms with Crippen LogP contribution >= 0.6 is 11.5 Å². The standard InChI is InChI=1S/C10H8F3N3S/c11-10(12,13)7-3-1-2-6(4-7)5-8-15-9(14)17-16-8/h1-4H,5H2,(H2,14,15,16). The molecule has 2 rings (SSSR count). The second-order valence-electron chi connectivity index (χ2n) is 3.42. The number of nitrogens with zero attached hydrogens (tertiary/aromatic N) is 2. The van der Waals surface area contributed by atoms with Gasteiger partial charge in [-0.3, -0.25) is 0 Å². The van der Waals surface area contributed by atoms with Crippen molar-refractivity contribution in [2.45, 2.75) is 12.6 Å². The lowest BCUT2D eigenvalue weighted by Gasteiger charge is -2.07. The van der Waals surface area contributed by atoms with Crippen LogP contribution in [-0.2, 0) is 12.6 Å². The van der Waals surface area contributed by atoms with Gasteiger partial charge in [0.25, 0.3) is 0 Å². The molecule has 1 aromatic heterocycles. The summed E-state index contributed by atoms with van der Waals surface area (Å²) in [6, 6.07) is 5.10. The molecule has 0 saturated carbocycles. The lowest BCUT2D eigenvalue weighted by atomic mass is 10.1. The van der Waals surface area contributed by atoms with Crippen LogP contribution < -0.4 is 5.73 Å². The highest BCUT2D eigenvalue weighted by molar-refractivity contribution is 7.09. The van der Waals surface area contributed by atoms with Gasteiger partial charge in [0.05, 0.1) is 5.56 Å². The first kappa shape index (κ1) is 11.8. The molecule has 1 aromatic carbocycles. The maximum absolute atomic E-state index is 12.5.